The minimum atomic E-state index is -0.119. The van der Waals surface area contributed by atoms with Crippen LogP contribution >= 0.6 is 0 Å². The molecule has 1 amide bonds. The van der Waals surface area contributed by atoms with Crippen molar-refractivity contribution in [1.82, 2.24) is 5.32 Å². The summed E-state index contributed by atoms with van der Waals surface area (Å²) in [5, 5.41) is 3.14. The second-order valence-corrected chi connectivity index (χ2v) is 6.30. The largest absolute Gasteiger partial charge is 0.494 e. The van der Waals surface area contributed by atoms with Gasteiger partial charge in [0, 0.05) is 17.9 Å². The van der Waals surface area contributed by atoms with Crippen LogP contribution in [0.25, 0.3) is 0 Å². The van der Waals surface area contributed by atoms with Crippen LogP contribution in [-0.2, 0) is 10.2 Å². The van der Waals surface area contributed by atoms with Crippen LogP contribution in [0.2, 0.25) is 0 Å². The lowest BCUT2D eigenvalue weighted by Crippen LogP contribution is -2.39. The van der Waals surface area contributed by atoms with Crippen molar-refractivity contribution in [1.29, 1.82) is 0 Å². The molecule has 2 atom stereocenters. The topological polar surface area (TPSA) is 38.3 Å². The predicted octanol–water partition coefficient (Wildman–Crippen LogP) is 3.28. The lowest BCUT2D eigenvalue weighted by Gasteiger charge is -2.32. The maximum atomic E-state index is 11.9. The van der Waals surface area contributed by atoms with Gasteiger partial charge in [-0.1, -0.05) is 32.9 Å². The fourth-order valence-electron chi connectivity index (χ4n) is 3.05. The molecule has 3 nitrogen and oxygen atoms in total. The van der Waals surface area contributed by atoms with Gasteiger partial charge in [0.15, 0.2) is 0 Å². The molecule has 3 heteroatoms. The molecule has 0 aromatic heterocycles. The molecule has 0 saturated carbocycles. The normalized spacial score (nSPS) is 25.9. The summed E-state index contributed by atoms with van der Waals surface area (Å²) in [6, 6.07) is 8.41. The predicted molar refractivity (Wildman–Crippen MR) is 81.0 cm³/mol. The van der Waals surface area contributed by atoms with Gasteiger partial charge in [-0.15, -0.1) is 0 Å². The van der Waals surface area contributed by atoms with E-state index in [1.165, 1.54) is 5.56 Å². The van der Waals surface area contributed by atoms with E-state index >= 15 is 0 Å². The van der Waals surface area contributed by atoms with E-state index in [0.717, 1.165) is 12.2 Å². The van der Waals surface area contributed by atoms with Crippen LogP contribution in [0.3, 0.4) is 0 Å². The Hall–Kier alpha value is -1.51. The second-order valence-electron chi connectivity index (χ2n) is 6.30. The van der Waals surface area contributed by atoms with Crippen LogP contribution in [0.15, 0.2) is 24.3 Å². The van der Waals surface area contributed by atoms with E-state index in [-0.39, 0.29) is 17.4 Å². The van der Waals surface area contributed by atoms with E-state index in [1.807, 2.05) is 19.1 Å². The quantitative estimate of drug-likeness (QED) is 0.895. The van der Waals surface area contributed by atoms with Crippen molar-refractivity contribution in [2.45, 2.75) is 52.0 Å². The molecule has 2 unspecified atom stereocenters. The van der Waals surface area contributed by atoms with Gasteiger partial charge in [0.05, 0.1) is 6.61 Å². The summed E-state index contributed by atoms with van der Waals surface area (Å²) < 4.78 is 5.49. The minimum Gasteiger partial charge on any atom is -0.494 e. The van der Waals surface area contributed by atoms with Crippen LogP contribution in [0.1, 0.15) is 46.1 Å². The molecule has 1 aliphatic rings. The van der Waals surface area contributed by atoms with Crippen LogP contribution < -0.4 is 10.1 Å². The average molecular weight is 275 g/mol. The highest BCUT2D eigenvalue weighted by atomic mass is 16.5. The molecule has 0 spiro atoms. The van der Waals surface area contributed by atoms with E-state index in [1.54, 1.807) is 0 Å². The summed E-state index contributed by atoms with van der Waals surface area (Å²) in [7, 11) is 0. The summed E-state index contributed by atoms with van der Waals surface area (Å²) in [6.07, 6.45) is 1.58. The number of nitrogens with one attached hydrogen (secondary N) is 1. The molecule has 1 heterocycles. The summed E-state index contributed by atoms with van der Waals surface area (Å²) in [5.41, 5.74) is 1.09. The minimum absolute atomic E-state index is 0.119. The maximum Gasteiger partial charge on any atom is 0.221 e. The third-order valence-electron chi connectivity index (χ3n) is 4.16. The van der Waals surface area contributed by atoms with Gasteiger partial charge in [0.2, 0.25) is 5.91 Å². The molecule has 0 radical (unpaired) electrons. The summed E-state index contributed by atoms with van der Waals surface area (Å²) >= 11 is 0. The second kappa shape index (κ2) is 5.86. The van der Waals surface area contributed by atoms with Crippen molar-refractivity contribution in [3.63, 3.8) is 0 Å². The number of rotatable bonds is 5. The van der Waals surface area contributed by atoms with Gasteiger partial charge < -0.3 is 10.1 Å². The lowest BCUT2D eigenvalue weighted by atomic mass is 9.73. The molecule has 1 fully saturated rings. The summed E-state index contributed by atoms with van der Waals surface area (Å²) in [6.45, 7) is 9.24. The first kappa shape index (κ1) is 14.9. The Morgan fingerprint density at radius 2 is 2.00 bits per heavy atom. The highest BCUT2D eigenvalue weighted by molar-refractivity contribution is 5.81. The van der Waals surface area contributed by atoms with Crippen molar-refractivity contribution in [2.24, 2.45) is 5.92 Å². The third kappa shape index (κ3) is 2.97. The first-order valence-electron chi connectivity index (χ1n) is 7.48. The number of carbonyl (C=O) groups is 1. The molecule has 1 aromatic rings. The van der Waals surface area contributed by atoms with E-state index < -0.39 is 0 Å². The van der Waals surface area contributed by atoms with Gasteiger partial charge in [0.25, 0.3) is 0 Å². The third-order valence-corrected chi connectivity index (χ3v) is 4.16. The number of ether oxygens (including phenoxy) is 1. The molecule has 1 aromatic carbocycles. The van der Waals surface area contributed by atoms with Crippen LogP contribution in [0.5, 0.6) is 5.75 Å². The Balaban J connectivity index is 2.24. The van der Waals surface area contributed by atoms with Crippen LogP contribution in [0, 0.1) is 5.92 Å². The monoisotopic (exact) mass is 275 g/mol. The molecule has 110 valence electrons. The molecular formula is C17H25NO2. The Morgan fingerprint density at radius 1 is 1.35 bits per heavy atom. The maximum absolute atomic E-state index is 11.9. The average Bonchev–Trinajstić information content (AvgIpc) is 2.65. The van der Waals surface area contributed by atoms with E-state index in [0.29, 0.717) is 18.9 Å². The standard InChI is InChI=1S/C17H25NO2/c1-5-20-14-8-6-13(7-9-14)17(4)11-16(19)18-15(17)10-12(2)3/h6-9,12,15H,5,10-11H2,1-4H3,(H,18,19). The molecular weight excluding hydrogens is 250 g/mol. The fourth-order valence-corrected chi connectivity index (χ4v) is 3.05. The molecule has 20 heavy (non-hydrogen) atoms. The number of benzene rings is 1. The number of carbonyl (C=O) groups excluding carboxylic acids is 1. The smallest absolute Gasteiger partial charge is 0.221 e. The van der Waals surface area contributed by atoms with Gasteiger partial charge in [-0.2, -0.15) is 0 Å². The SMILES string of the molecule is CCOc1ccc(C2(C)CC(=O)NC2CC(C)C)cc1. The van der Waals surface area contributed by atoms with Gasteiger partial charge in [-0.3, -0.25) is 4.79 Å². The van der Waals surface area contributed by atoms with Crippen LogP contribution in [0.4, 0.5) is 0 Å². The zero-order valence-electron chi connectivity index (χ0n) is 12.9. The Kier molecular flexibility index (Phi) is 4.36. The van der Waals surface area contributed by atoms with Gasteiger partial charge in [-0.05, 0) is 37.0 Å². The van der Waals surface area contributed by atoms with Crippen molar-refractivity contribution >= 4 is 5.91 Å². The van der Waals surface area contributed by atoms with Crippen molar-refractivity contribution in [3.05, 3.63) is 29.8 Å². The summed E-state index contributed by atoms with van der Waals surface area (Å²) in [5.74, 6) is 1.62. The molecule has 1 N–H and O–H groups in total. The Labute approximate surface area is 121 Å². The van der Waals surface area contributed by atoms with Crippen molar-refractivity contribution in [2.75, 3.05) is 6.61 Å². The van der Waals surface area contributed by atoms with Crippen LogP contribution in [-0.4, -0.2) is 18.6 Å². The van der Waals surface area contributed by atoms with Crippen molar-refractivity contribution < 1.29 is 9.53 Å². The highest BCUT2D eigenvalue weighted by Crippen LogP contribution is 2.38. The van der Waals surface area contributed by atoms with Gasteiger partial charge >= 0.3 is 0 Å². The number of hydrogen-bond donors (Lipinski definition) is 1. The molecule has 0 aliphatic carbocycles. The molecule has 0 bridgehead atoms. The van der Waals surface area contributed by atoms with E-state index in [2.05, 4.69) is 38.2 Å². The zero-order valence-corrected chi connectivity index (χ0v) is 12.9. The van der Waals surface area contributed by atoms with E-state index in [9.17, 15) is 4.79 Å². The Morgan fingerprint density at radius 3 is 2.55 bits per heavy atom. The van der Waals surface area contributed by atoms with Crippen molar-refractivity contribution in [3.8, 4) is 5.75 Å². The van der Waals surface area contributed by atoms with E-state index in [4.69, 9.17) is 4.74 Å². The first-order chi connectivity index (χ1) is 9.45. The first-order valence-corrected chi connectivity index (χ1v) is 7.48. The Bertz CT molecular complexity index is 466. The molecule has 1 saturated heterocycles. The zero-order chi connectivity index (χ0) is 14.8. The lowest BCUT2D eigenvalue weighted by molar-refractivity contribution is -0.119. The van der Waals surface area contributed by atoms with Gasteiger partial charge in [-0.25, -0.2) is 0 Å². The molecule has 2 rings (SSSR count). The summed E-state index contributed by atoms with van der Waals surface area (Å²) in [4.78, 5) is 11.9. The fraction of sp³-hybridized carbons (Fsp3) is 0.588. The number of amides is 1. The number of hydrogen-bond acceptors (Lipinski definition) is 2. The van der Waals surface area contributed by atoms with Gasteiger partial charge in [0.1, 0.15) is 5.75 Å². The highest BCUT2D eigenvalue weighted by Gasteiger charge is 2.44. The molecule has 1 aliphatic heterocycles.